The van der Waals surface area contributed by atoms with E-state index in [0.29, 0.717) is 18.1 Å². The molecule has 2 aromatic rings. The van der Waals surface area contributed by atoms with Crippen molar-refractivity contribution in [2.45, 2.75) is 6.61 Å². The molecule has 1 heterocycles. The average Bonchev–Trinajstić information content (AvgIpc) is 2.45. The van der Waals surface area contributed by atoms with Gasteiger partial charge in [-0.3, -0.25) is 0 Å². The molecule has 0 atom stereocenters. The van der Waals surface area contributed by atoms with Crippen molar-refractivity contribution >= 4 is 21.8 Å². The van der Waals surface area contributed by atoms with Gasteiger partial charge in [0.2, 0.25) is 5.88 Å². The second-order valence-corrected chi connectivity index (χ2v) is 4.70. The summed E-state index contributed by atoms with van der Waals surface area (Å²) in [5.74, 6) is 0.443. The molecule has 0 amide bonds. The molecule has 98 valence electrons. The molecule has 5 nitrogen and oxygen atoms in total. The van der Waals surface area contributed by atoms with E-state index in [0.717, 1.165) is 10.0 Å². The topological polar surface area (TPSA) is 80.7 Å². The second kappa shape index (κ2) is 6.19. The first-order valence-corrected chi connectivity index (χ1v) is 6.29. The van der Waals surface area contributed by atoms with Crippen LogP contribution in [0.4, 0.5) is 0 Å². The Kier molecular flexibility index (Phi) is 4.35. The summed E-state index contributed by atoms with van der Waals surface area (Å²) in [6.07, 6.45) is 1.55. The van der Waals surface area contributed by atoms with Gasteiger partial charge in [0.25, 0.3) is 0 Å². The minimum absolute atomic E-state index is 0.0229. The summed E-state index contributed by atoms with van der Waals surface area (Å²) in [5.41, 5.74) is 7.08. The van der Waals surface area contributed by atoms with Gasteiger partial charge in [0, 0.05) is 22.3 Å². The molecule has 2 rings (SSSR count). The number of nitrogens with two attached hydrogens (primary N) is 1. The minimum Gasteiger partial charge on any atom is -0.473 e. The van der Waals surface area contributed by atoms with Crippen molar-refractivity contribution in [1.82, 2.24) is 4.98 Å². The van der Waals surface area contributed by atoms with Gasteiger partial charge in [-0.2, -0.15) is 0 Å². The van der Waals surface area contributed by atoms with E-state index < -0.39 is 0 Å². The molecule has 0 bridgehead atoms. The van der Waals surface area contributed by atoms with Gasteiger partial charge in [0.15, 0.2) is 5.84 Å². The van der Waals surface area contributed by atoms with E-state index >= 15 is 0 Å². The van der Waals surface area contributed by atoms with Crippen LogP contribution in [0.1, 0.15) is 11.1 Å². The van der Waals surface area contributed by atoms with E-state index in [9.17, 15) is 0 Å². The Morgan fingerprint density at radius 1 is 1.37 bits per heavy atom. The van der Waals surface area contributed by atoms with Crippen molar-refractivity contribution in [3.05, 3.63) is 58.2 Å². The molecule has 0 radical (unpaired) electrons. The van der Waals surface area contributed by atoms with E-state index in [4.69, 9.17) is 15.7 Å². The van der Waals surface area contributed by atoms with Crippen LogP contribution >= 0.6 is 15.9 Å². The molecule has 0 saturated heterocycles. The SMILES string of the molecule is N/C(=N/O)c1ccnc(OCc2cccc(Br)c2)c1. The van der Waals surface area contributed by atoms with Gasteiger partial charge < -0.3 is 15.7 Å². The lowest BCUT2D eigenvalue weighted by Gasteiger charge is -2.07. The lowest BCUT2D eigenvalue weighted by Crippen LogP contribution is -2.13. The fourth-order valence-corrected chi connectivity index (χ4v) is 1.94. The molecular weight excluding hydrogens is 310 g/mol. The highest BCUT2D eigenvalue weighted by Crippen LogP contribution is 2.15. The van der Waals surface area contributed by atoms with Gasteiger partial charge in [0.05, 0.1) is 0 Å². The molecule has 0 unspecified atom stereocenters. The summed E-state index contributed by atoms with van der Waals surface area (Å²) in [4.78, 5) is 4.07. The van der Waals surface area contributed by atoms with Crippen LogP contribution in [0.15, 0.2) is 52.2 Å². The Morgan fingerprint density at radius 2 is 2.21 bits per heavy atom. The van der Waals surface area contributed by atoms with Crippen molar-refractivity contribution < 1.29 is 9.94 Å². The number of pyridine rings is 1. The molecule has 1 aromatic carbocycles. The smallest absolute Gasteiger partial charge is 0.214 e. The Bertz CT molecular complexity index is 602. The maximum atomic E-state index is 8.61. The van der Waals surface area contributed by atoms with Crippen LogP contribution in [-0.2, 0) is 6.61 Å². The van der Waals surface area contributed by atoms with Crippen molar-refractivity contribution in [1.29, 1.82) is 0 Å². The van der Waals surface area contributed by atoms with Crippen LogP contribution in [0.2, 0.25) is 0 Å². The van der Waals surface area contributed by atoms with Crippen molar-refractivity contribution in [3.63, 3.8) is 0 Å². The standard InChI is InChI=1S/C13H12BrN3O2/c14-11-3-1-2-9(6-11)8-19-12-7-10(4-5-16-12)13(15)17-18/h1-7,18H,8H2,(H2,15,17). The van der Waals surface area contributed by atoms with Crippen LogP contribution in [0.25, 0.3) is 0 Å². The fourth-order valence-electron chi connectivity index (χ4n) is 1.49. The average molecular weight is 322 g/mol. The molecule has 1 aromatic heterocycles. The van der Waals surface area contributed by atoms with Crippen LogP contribution in [0.5, 0.6) is 5.88 Å². The number of rotatable bonds is 4. The van der Waals surface area contributed by atoms with Crippen LogP contribution in [0, 0.1) is 0 Å². The maximum absolute atomic E-state index is 8.61. The van der Waals surface area contributed by atoms with Gasteiger partial charge in [0.1, 0.15) is 6.61 Å². The van der Waals surface area contributed by atoms with Gasteiger partial charge >= 0.3 is 0 Å². The fraction of sp³-hybridized carbons (Fsp3) is 0.0769. The number of halogens is 1. The number of oxime groups is 1. The zero-order chi connectivity index (χ0) is 13.7. The molecule has 0 fully saturated rings. The number of hydrogen-bond acceptors (Lipinski definition) is 4. The molecule has 0 aliphatic carbocycles. The summed E-state index contributed by atoms with van der Waals surface area (Å²) >= 11 is 3.40. The molecule has 3 N–H and O–H groups in total. The summed E-state index contributed by atoms with van der Waals surface area (Å²) in [7, 11) is 0. The molecule has 6 heteroatoms. The van der Waals surface area contributed by atoms with Crippen molar-refractivity contribution in [3.8, 4) is 5.88 Å². The number of ether oxygens (including phenoxy) is 1. The highest BCUT2D eigenvalue weighted by atomic mass is 79.9. The molecule has 0 spiro atoms. The molecule has 19 heavy (non-hydrogen) atoms. The molecule has 0 aliphatic rings. The highest BCUT2D eigenvalue weighted by Gasteiger charge is 2.03. The number of hydrogen-bond donors (Lipinski definition) is 2. The van der Waals surface area contributed by atoms with Crippen molar-refractivity contribution in [2.24, 2.45) is 10.9 Å². The predicted octanol–water partition coefficient (Wildman–Crippen LogP) is 2.52. The monoisotopic (exact) mass is 321 g/mol. The Labute approximate surface area is 118 Å². The Balaban J connectivity index is 2.08. The van der Waals surface area contributed by atoms with Crippen LogP contribution in [-0.4, -0.2) is 16.0 Å². The third-order valence-electron chi connectivity index (χ3n) is 2.41. The minimum atomic E-state index is 0.0229. The van der Waals surface area contributed by atoms with E-state index in [1.165, 1.54) is 0 Å². The second-order valence-electron chi connectivity index (χ2n) is 3.79. The predicted molar refractivity (Wildman–Crippen MR) is 75.2 cm³/mol. The number of benzene rings is 1. The Morgan fingerprint density at radius 3 is 2.95 bits per heavy atom. The molecular formula is C13H12BrN3O2. The first-order valence-electron chi connectivity index (χ1n) is 5.50. The van der Waals surface area contributed by atoms with E-state index in [-0.39, 0.29) is 5.84 Å². The summed E-state index contributed by atoms with van der Waals surface area (Å²) in [6, 6.07) is 11.1. The maximum Gasteiger partial charge on any atom is 0.214 e. The zero-order valence-electron chi connectivity index (χ0n) is 9.95. The van der Waals surface area contributed by atoms with Crippen LogP contribution in [0.3, 0.4) is 0 Å². The normalized spacial score (nSPS) is 11.3. The quantitative estimate of drug-likeness (QED) is 0.392. The van der Waals surface area contributed by atoms with E-state index in [2.05, 4.69) is 26.1 Å². The van der Waals surface area contributed by atoms with E-state index in [1.807, 2.05) is 24.3 Å². The van der Waals surface area contributed by atoms with E-state index in [1.54, 1.807) is 18.3 Å². The number of amidine groups is 1. The summed E-state index contributed by atoms with van der Waals surface area (Å²) in [6.45, 7) is 0.395. The van der Waals surface area contributed by atoms with Gasteiger partial charge in [-0.1, -0.05) is 33.2 Å². The molecule has 0 saturated carbocycles. The third kappa shape index (κ3) is 3.69. The third-order valence-corrected chi connectivity index (χ3v) is 2.91. The zero-order valence-corrected chi connectivity index (χ0v) is 11.5. The Hall–Kier alpha value is -2.08. The van der Waals surface area contributed by atoms with Gasteiger partial charge in [-0.25, -0.2) is 4.98 Å². The first-order chi connectivity index (χ1) is 9.19. The summed E-state index contributed by atoms with van der Waals surface area (Å²) in [5, 5.41) is 11.5. The number of aromatic nitrogens is 1. The first kappa shape index (κ1) is 13.4. The molecule has 0 aliphatic heterocycles. The lowest BCUT2D eigenvalue weighted by atomic mass is 10.2. The highest BCUT2D eigenvalue weighted by molar-refractivity contribution is 9.10. The van der Waals surface area contributed by atoms with Crippen LogP contribution < -0.4 is 10.5 Å². The van der Waals surface area contributed by atoms with Crippen molar-refractivity contribution in [2.75, 3.05) is 0 Å². The summed E-state index contributed by atoms with van der Waals surface area (Å²) < 4.78 is 6.55. The van der Waals surface area contributed by atoms with Gasteiger partial charge in [-0.05, 0) is 23.8 Å². The lowest BCUT2D eigenvalue weighted by molar-refractivity contribution is 0.293. The largest absolute Gasteiger partial charge is 0.473 e. The van der Waals surface area contributed by atoms with Gasteiger partial charge in [-0.15, -0.1) is 0 Å². The number of nitrogens with zero attached hydrogens (tertiary/aromatic N) is 2.